The molecule has 0 saturated heterocycles. The molecule has 0 radical (unpaired) electrons. The summed E-state index contributed by atoms with van der Waals surface area (Å²) in [6, 6.07) is 4.19. The molecule has 6 nitrogen and oxygen atoms in total. The molecule has 1 aromatic rings. The molecule has 1 aromatic carbocycles. The van der Waals surface area contributed by atoms with Crippen LogP contribution in [0.2, 0.25) is 0 Å². The number of nitrogens with two attached hydrogens (primary N) is 1. The molecule has 0 aromatic heterocycles. The van der Waals surface area contributed by atoms with Crippen LogP contribution < -0.4 is 15.2 Å². The number of methoxy groups -OCH3 is 2. The summed E-state index contributed by atoms with van der Waals surface area (Å²) in [5.74, 6) is 2.24. The largest absolute Gasteiger partial charge is 0.493 e. The zero-order chi connectivity index (χ0) is 17.5. The maximum Gasteiger partial charge on any atom is 0.191 e. The first-order valence-electron chi connectivity index (χ1n) is 8.63. The molecule has 2 rings (SSSR count). The highest BCUT2D eigenvalue weighted by Crippen LogP contribution is 2.33. The molecule has 6 heteroatoms. The summed E-state index contributed by atoms with van der Waals surface area (Å²) in [7, 11) is 3.35. The van der Waals surface area contributed by atoms with E-state index in [1.165, 1.54) is 11.1 Å². The van der Waals surface area contributed by atoms with Crippen molar-refractivity contribution in [1.82, 2.24) is 9.80 Å². The molecule has 1 heterocycles. The van der Waals surface area contributed by atoms with Crippen LogP contribution in [0.25, 0.3) is 0 Å². The lowest BCUT2D eigenvalue weighted by Gasteiger charge is -2.29. The fourth-order valence-corrected chi connectivity index (χ4v) is 3.09. The fourth-order valence-electron chi connectivity index (χ4n) is 3.09. The summed E-state index contributed by atoms with van der Waals surface area (Å²) < 4.78 is 10.8. The minimum Gasteiger partial charge on any atom is -0.493 e. The SMILES string of the molecule is CCN(CC)C(N)=NCCN1CCc2cc(OC)c(OC)cc2C1. The molecular formula is C18H30N4O2. The minimum absolute atomic E-state index is 0.642. The number of hydrogen-bond acceptors (Lipinski definition) is 4. The van der Waals surface area contributed by atoms with E-state index in [0.29, 0.717) is 5.96 Å². The Balaban J connectivity index is 1.96. The minimum atomic E-state index is 0.642. The first-order valence-corrected chi connectivity index (χ1v) is 8.63. The normalized spacial score (nSPS) is 15.1. The average molecular weight is 334 g/mol. The van der Waals surface area contributed by atoms with Crippen LogP contribution in [0.1, 0.15) is 25.0 Å². The lowest BCUT2D eigenvalue weighted by atomic mass is 9.99. The number of aliphatic imine (C=N–C) groups is 1. The topological polar surface area (TPSA) is 63.3 Å². The van der Waals surface area contributed by atoms with Crippen molar-refractivity contribution < 1.29 is 9.47 Å². The van der Waals surface area contributed by atoms with Crippen molar-refractivity contribution in [3.05, 3.63) is 23.3 Å². The first-order chi connectivity index (χ1) is 11.6. The summed E-state index contributed by atoms with van der Waals surface area (Å²) in [5.41, 5.74) is 8.68. The molecule has 0 saturated carbocycles. The maximum atomic E-state index is 6.03. The quantitative estimate of drug-likeness (QED) is 0.608. The number of guanidine groups is 1. The van der Waals surface area contributed by atoms with E-state index < -0.39 is 0 Å². The highest BCUT2D eigenvalue weighted by atomic mass is 16.5. The van der Waals surface area contributed by atoms with Crippen LogP contribution in [-0.4, -0.2) is 62.7 Å². The summed E-state index contributed by atoms with van der Waals surface area (Å²) in [4.78, 5) is 8.99. The van der Waals surface area contributed by atoms with Crippen LogP contribution in [-0.2, 0) is 13.0 Å². The summed E-state index contributed by atoms with van der Waals surface area (Å²) in [6.07, 6.45) is 1.02. The van der Waals surface area contributed by atoms with E-state index in [1.807, 2.05) is 0 Å². The van der Waals surface area contributed by atoms with Crippen molar-refractivity contribution in [3.8, 4) is 11.5 Å². The summed E-state index contributed by atoms with van der Waals surface area (Å²) in [5, 5.41) is 0. The van der Waals surface area contributed by atoms with Gasteiger partial charge in [-0.3, -0.25) is 9.89 Å². The second-order valence-corrected chi connectivity index (χ2v) is 5.91. The lowest BCUT2D eigenvalue weighted by molar-refractivity contribution is 0.259. The van der Waals surface area contributed by atoms with Gasteiger partial charge < -0.3 is 20.1 Å². The van der Waals surface area contributed by atoms with Gasteiger partial charge in [0.2, 0.25) is 0 Å². The Morgan fingerprint density at radius 1 is 1.17 bits per heavy atom. The van der Waals surface area contributed by atoms with Crippen molar-refractivity contribution in [2.45, 2.75) is 26.8 Å². The molecule has 1 aliphatic heterocycles. The number of benzene rings is 1. The molecule has 1 aliphatic rings. The third-order valence-corrected chi connectivity index (χ3v) is 4.57. The molecule has 0 bridgehead atoms. The zero-order valence-corrected chi connectivity index (χ0v) is 15.3. The third kappa shape index (κ3) is 4.32. The van der Waals surface area contributed by atoms with Gasteiger partial charge in [0.1, 0.15) is 0 Å². The van der Waals surface area contributed by atoms with Gasteiger partial charge in [-0.2, -0.15) is 0 Å². The molecule has 134 valence electrons. The summed E-state index contributed by atoms with van der Waals surface area (Å²) in [6.45, 7) is 9.56. The molecule has 24 heavy (non-hydrogen) atoms. The van der Waals surface area contributed by atoms with Crippen molar-refractivity contribution in [2.24, 2.45) is 10.7 Å². The van der Waals surface area contributed by atoms with Gasteiger partial charge in [-0.15, -0.1) is 0 Å². The Bertz CT molecular complexity index is 570. The van der Waals surface area contributed by atoms with E-state index in [0.717, 1.165) is 57.2 Å². The van der Waals surface area contributed by atoms with Crippen LogP contribution in [0.15, 0.2) is 17.1 Å². The van der Waals surface area contributed by atoms with E-state index in [-0.39, 0.29) is 0 Å². The van der Waals surface area contributed by atoms with Gasteiger partial charge in [0.05, 0.1) is 20.8 Å². The van der Waals surface area contributed by atoms with E-state index >= 15 is 0 Å². The predicted octanol–water partition coefficient (Wildman–Crippen LogP) is 1.72. The van der Waals surface area contributed by atoms with Gasteiger partial charge in [0.15, 0.2) is 17.5 Å². The monoisotopic (exact) mass is 334 g/mol. The molecule has 0 spiro atoms. The highest BCUT2D eigenvalue weighted by molar-refractivity contribution is 5.77. The Morgan fingerprint density at radius 2 is 1.79 bits per heavy atom. The van der Waals surface area contributed by atoms with Crippen molar-refractivity contribution >= 4 is 5.96 Å². The number of hydrogen-bond donors (Lipinski definition) is 1. The second kappa shape index (κ2) is 8.78. The Kier molecular flexibility index (Phi) is 6.73. The second-order valence-electron chi connectivity index (χ2n) is 5.91. The third-order valence-electron chi connectivity index (χ3n) is 4.57. The number of nitrogens with zero attached hydrogens (tertiary/aromatic N) is 3. The van der Waals surface area contributed by atoms with Gasteiger partial charge in [-0.1, -0.05) is 0 Å². The standard InChI is InChI=1S/C18H30N4O2/c1-5-22(6-2)18(19)20-8-10-21-9-7-14-11-16(23-3)17(24-4)12-15(14)13-21/h11-12H,5-10,13H2,1-4H3,(H2,19,20). The molecule has 0 unspecified atom stereocenters. The highest BCUT2D eigenvalue weighted by Gasteiger charge is 2.19. The van der Waals surface area contributed by atoms with Gasteiger partial charge in [0.25, 0.3) is 0 Å². The van der Waals surface area contributed by atoms with Gasteiger partial charge in [-0.25, -0.2) is 0 Å². The number of fused-ring (bicyclic) bond motifs is 1. The molecular weight excluding hydrogens is 304 g/mol. The Labute approximate surface area is 145 Å². The lowest BCUT2D eigenvalue weighted by Crippen LogP contribution is -2.38. The van der Waals surface area contributed by atoms with Crippen LogP contribution in [0.5, 0.6) is 11.5 Å². The van der Waals surface area contributed by atoms with Crippen LogP contribution in [0.4, 0.5) is 0 Å². The van der Waals surface area contributed by atoms with Gasteiger partial charge in [-0.05, 0) is 43.5 Å². The summed E-state index contributed by atoms with van der Waals surface area (Å²) >= 11 is 0. The number of rotatable bonds is 7. The molecule has 2 N–H and O–H groups in total. The van der Waals surface area contributed by atoms with E-state index in [4.69, 9.17) is 15.2 Å². The Hall–Kier alpha value is -1.95. The van der Waals surface area contributed by atoms with E-state index in [1.54, 1.807) is 14.2 Å². The molecule has 0 amide bonds. The van der Waals surface area contributed by atoms with Crippen LogP contribution in [0.3, 0.4) is 0 Å². The fraction of sp³-hybridized carbons (Fsp3) is 0.611. The van der Waals surface area contributed by atoms with E-state index in [2.05, 4.69) is 40.8 Å². The zero-order valence-electron chi connectivity index (χ0n) is 15.3. The van der Waals surface area contributed by atoms with Crippen LogP contribution in [0, 0.1) is 0 Å². The smallest absolute Gasteiger partial charge is 0.191 e. The van der Waals surface area contributed by atoms with Crippen molar-refractivity contribution in [2.75, 3.05) is 46.9 Å². The van der Waals surface area contributed by atoms with Crippen molar-refractivity contribution in [1.29, 1.82) is 0 Å². The van der Waals surface area contributed by atoms with E-state index in [9.17, 15) is 0 Å². The van der Waals surface area contributed by atoms with Gasteiger partial charge >= 0.3 is 0 Å². The number of ether oxygens (including phenoxy) is 2. The molecule has 0 fully saturated rings. The first kappa shape index (κ1) is 18.4. The molecule has 0 atom stereocenters. The van der Waals surface area contributed by atoms with Crippen LogP contribution >= 0.6 is 0 Å². The van der Waals surface area contributed by atoms with Crippen molar-refractivity contribution in [3.63, 3.8) is 0 Å². The van der Waals surface area contributed by atoms with Gasteiger partial charge in [0, 0.05) is 32.7 Å². The average Bonchev–Trinajstić information content (AvgIpc) is 2.61. The Morgan fingerprint density at radius 3 is 2.38 bits per heavy atom. The maximum absolute atomic E-state index is 6.03. The predicted molar refractivity (Wildman–Crippen MR) is 97.9 cm³/mol. The molecule has 0 aliphatic carbocycles.